The van der Waals surface area contributed by atoms with Gasteiger partial charge in [0.25, 0.3) is 0 Å². The number of nitrogens with one attached hydrogen (secondary N) is 1. The van der Waals surface area contributed by atoms with Crippen LogP contribution >= 0.6 is 0 Å². The van der Waals surface area contributed by atoms with Crippen molar-refractivity contribution in [3.8, 4) is 0 Å². The van der Waals surface area contributed by atoms with E-state index in [2.05, 4.69) is 41.1 Å². The van der Waals surface area contributed by atoms with E-state index in [-0.39, 0.29) is 0 Å². The molecule has 16 heavy (non-hydrogen) atoms. The molecular weight excluding hydrogens is 200 g/mol. The van der Waals surface area contributed by atoms with Gasteiger partial charge in [-0.15, -0.1) is 0 Å². The van der Waals surface area contributed by atoms with Crippen LogP contribution in [0.3, 0.4) is 0 Å². The molecule has 0 fully saturated rings. The number of nitrogens with zero attached hydrogens (tertiary/aromatic N) is 3. The first-order valence-electron chi connectivity index (χ1n) is 5.92. The average Bonchev–Trinajstić information content (AvgIpc) is 2.25. The smallest absolute Gasteiger partial charge is 0.144 e. The van der Waals surface area contributed by atoms with E-state index in [1.54, 1.807) is 0 Å². The number of hydrogen-bond acceptors (Lipinski definition) is 4. The van der Waals surface area contributed by atoms with Crippen molar-refractivity contribution < 1.29 is 0 Å². The third kappa shape index (κ3) is 4.14. The molecule has 0 bridgehead atoms. The van der Waals surface area contributed by atoms with E-state index in [1.807, 2.05) is 13.0 Å². The molecule has 1 aromatic heterocycles. The van der Waals surface area contributed by atoms with Gasteiger partial charge in [0.05, 0.1) is 6.54 Å². The van der Waals surface area contributed by atoms with Gasteiger partial charge in [0.2, 0.25) is 0 Å². The fraction of sp³-hybridized carbons (Fsp3) is 0.667. The summed E-state index contributed by atoms with van der Waals surface area (Å²) in [6, 6.07) is 1.99. The van der Waals surface area contributed by atoms with Crippen LogP contribution in [0.4, 0.5) is 5.82 Å². The zero-order valence-electron chi connectivity index (χ0n) is 10.7. The Bertz CT molecular complexity index is 325. The Hall–Kier alpha value is -1.16. The van der Waals surface area contributed by atoms with Gasteiger partial charge in [-0.25, -0.2) is 9.97 Å². The summed E-state index contributed by atoms with van der Waals surface area (Å²) in [5.74, 6) is 1.83. The fourth-order valence-corrected chi connectivity index (χ4v) is 1.40. The van der Waals surface area contributed by atoms with Gasteiger partial charge >= 0.3 is 0 Å². The third-order valence-corrected chi connectivity index (χ3v) is 2.41. The lowest BCUT2D eigenvalue weighted by Gasteiger charge is -2.14. The van der Waals surface area contributed by atoms with Gasteiger partial charge in [0, 0.05) is 18.3 Å². The molecule has 0 aliphatic heterocycles. The van der Waals surface area contributed by atoms with Crippen LogP contribution in [-0.4, -0.2) is 35.0 Å². The van der Waals surface area contributed by atoms with Crippen LogP contribution in [0.1, 0.15) is 31.8 Å². The van der Waals surface area contributed by atoms with E-state index in [4.69, 9.17) is 0 Å². The molecule has 4 heteroatoms. The summed E-state index contributed by atoms with van der Waals surface area (Å²) in [7, 11) is 2.07. The first-order valence-corrected chi connectivity index (χ1v) is 5.92. The van der Waals surface area contributed by atoms with Crippen molar-refractivity contribution >= 4 is 5.82 Å². The second-order valence-electron chi connectivity index (χ2n) is 4.07. The molecule has 0 spiro atoms. The predicted octanol–water partition coefficient (Wildman–Crippen LogP) is 2.06. The molecule has 0 amide bonds. The van der Waals surface area contributed by atoms with Gasteiger partial charge in [-0.3, -0.25) is 4.90 Å². The maximum atomic E-state index is 4.50. The Morgan fingerprint density at radius 3 is 2.69 bits per heavy atom. The molecule has 0 saturated carbocycles. The summed E-state index contributed by atoms with van der Waals surface area (Å²) in [4.78, 5) is 11.1. The summed E-state index contributed by atoms with van der Waals surface area (Å²) in [6.45, 7) is 9.06. The van der Waals surface area contributed by atoms with E-state index in [1.165, 1.54) is 0 Å². The lowest BCUT2D eigenvalue weighted by Crippen LogP contribution is -2.19. The van der Waals surface area contributed by atoms with Crippen LogP contribution in [0.2, 0.25) is 0 Å². The van der Waals surface area contributed by atoms with Crippen molar-refractivity contribution in [3.05, 3.63) is 17.6 Å². The zero-order valence-corrected chi connectivity index (χ0v) is 10.7. The van der Waals surface area contributed by atoms with E-state index in [0.29, 0.717) is 0 Å². The molecule has 1 N–H and O–H groups in total. The highest BCUT2D eigenvalue weighted by Crippen LogP contribution is 2.07. The lowest BCUT2D eigenvalue weighted by molar-refractivity contribution is 0.336. The van der Waals surface area contributed by atoms with Crippen molar-refractivity contribution in [3.63, 3.8) is 0 Å². The quantitative estimate of drug-likeness (QED) is 0.800. The molecule has 1 aromatic rings. The Balaban J connectivity index is 2.73. The monoisotopic (exact) mass is 222 g/mol. The van der Waals surface area contributed by atoms with E-state index >= 15 is 0 Å². The molecular formula is C12H22N4. The molecule has 0 atom stereocenters. The number of aryl methyl sites for hydroxylation is 1. The Kier molecular flexibility index (Phi) is 5.19. The molecule has 1 rings (SSSR count). The molecule has 0 unspecified atom stereocenters. The highest BCUT2D eigenvalue weighted by Gasteiger charge is 2.04. The normalized spacial score (nSPS) is 10.8. The molecule has 0 aromatic carbocycles. The summed E-state index contributed by atoms with van der Waals surface area (Å²) in [5.41, 5.74) is 1.02. The van der Waals surface area contributed by atoms with Crippen LogP contribution in [0.5, 0.6) is 0 Å². The molecule has 1 heterocycles. The summed E-state index contributed by atoms with van der Waals surface area (Å²) < 4.78 is 0. The summed E-state index contributed by atoms with van der Waals surface area (Å²) in [6.07, 6.45) is 1.10. The van der Waals surface area contributed by atoms with Crippen LogP contribution < -0.4 is 5.32 Å². The topological polar surface area (TPSA) is 41.1 Å². The van der Waals surface area contributed by atoms with Gasteiger partial charge in [-0.2, -0.15) is 0 Å². The first-order chi connectivity index (χ1) is 7.65. The van der Waals surface area contributed by atoms with Crippen molar-refractivity contribution in [2.45, 2.75) is 33.7 Å². The Morgan fingerprint density at radius 2 is 2.06 bits per heavy atom. The molecule has 0 saturated heterocycles. The minimum Gasteiger partial charge on any atom is -0.370 e. The number of aromatic nitrogens is 2. The van der Waals surface area contributed by atoms with Crippen molar-refractivity contribution in [2.75, 3.05) is 25.5 Å². The lowest BCUT2D eigenvalue weighted by atomic mass is 10.4. The van der Waals surface area contributed by atoms with E-state index in [0.717, 1.165) is 43.4 Å². The van der Waals surface area contributed by atoms with E-state index in [9.17, 15) is 0 Å². The Labute approximate surface area is 98.1 Å². The zero-order chi connectivity index (χ0) is 12.0. The van der Waals surface area contributed by atoms with Crippen LogP contribution in [0.25, 0.3) is 0 Å². The Morgan fingerprint density at radius 1 is 1.31 bits per heavy atom. The molecule has 0 aliphatic rings. The number of anilines is 1. The maximum absolute atomic E-state index is 4.50. The summed E-state index contributed by atoms with van der Waals surface area (Å²) in [5, 5.41) is 3.30. The second kappa shape index (κ2) is 6.43. The molecule has 4 nitrogen and oxygen atoms in total. The highest BCUT2D eigenvalue weighted by molar-refractivity contribution is 5.35. The summed E-state index contributed by atoms with van der Waals surface area (Å²) >= 11 is 0. The number of rotatable bonds is 6. The predicted molar refractivity (Wildman–Crippen MR) is 67.6 cm³/mol. The average molecular weight is 222 g/mol. The largest absolute Gasteiger partial charge is 0.370 e. The second-order valence-corrected chi connectivity index (χ2v) is 4.07. The van der Waals surface area contributed by atoms with Crippen LogP contribution in [-0.2, 0) is 6.54 Å². The number of hydrogen-bond donors (Lipinski definition) is 1. The first kappa shape index (κ1) is 12.9. The SMILES string of the molecule is CCCNc1cc(C)nc(CN(C)CC)n1. The highest BCUT2D eigenvalue weighted by atomic mass is 15.1. The third-order valence-electron chi connectivity index (χ3n) is 2.41. The van der Waals surface area contributed by atoms with Crippen molar-refractivity contribution in [1.29, 1.82) is 0 Å². The van der Waals surface area contributed by atoms with Crippen LogP contribution in [0.15, 0.2) is 6.07 Å². The van der Waals surface area contributed by atoms with Gasteiger partial charge in [-0.05, 0) is 26.9 Å². The van der Waals surface area contributed by atoms with Gasteiger partial charge in [-0.1, -0.05) is 13.8 Å². The van der Waals surface area contributed by atoms with Gasteiger partial charge in [0.1, 0.15) is 11.6 Å². The minimum atomic E-state index is 0.805. The van der Waals surface area contributed by atoms with E-state index < -0.39 is 0 Å². The molecule has 0 aliphatic carbocycles. The maximum Gasteiger partial charge on any atom is 0.144 e. The van der Waals surface area contributed by atoms with Crippen molar-refractivity contribution in [1.82, 2.24) is 14.9 Å². The van der Waals surface area contributed by atoms with Crippen molar-refractivity contribution in [2.24, 2.45) is 0 Å². The van der Waals surface area contributed by atoms with Gasteiger partial charge in [0.15, 0.2) is 0 Å². The minimum absolute atomic E-state index is 0.805. The van der Waals surface area contributed by atoms with Crippen LogP contribution in [0, 0.1) is 6.92 Å². The van der Waals surface area contributed by atoms with Gasteiger partial charge < -0.3 is 5.32 Å². The molecule has 0 radical (unpaired) electrons. The fourth-order valence-electron chi connectivity index (χ4n) is 1.40. The molecule has 90 valence electrons. The standard InChI is InChI=1S/C12H22N4/c1-5-7-13-11-8-10(3)14-12(15-11)9-16(4)6-2/h8H,5-7,9H2,1-4H3,(H,13,14,15).